The number of phenolic OH excluding ortho intramolecular Hbond substituents is 1. The summed E-state index contributed by atoms with van der Waals surface area (Å²) in [4.78, 5) is 10.2. The topological polar surface area (TPSA) is 119 Å². The van der Waals surface area contributed by atoms with Crippen molar-refractivity contribution < 1.29 is 28.7 Å². The molecule has 0 bridgehead atoms. The predicted molar refractivity (Wildman–Crippen MR) is 79.7 cm³/mol. The van der Waals surface area contributed by atoms with Crippen LogP contribution < -0.4 is 9.46 Å². The second-order valence-electron chi connectivity index (χ2n) is 4.09. The summed E-state index contributed by atoms with van der Waals surface area (Å²) < 4.78 is 60.9. The summed E-state index contributed by atoms with van der Waals surface area (Å²) in [6.07, 6.45) is 0.842. The lowest BCUT2D eigenvalue weighted by atomic mass is 10.2. The molecule has 22 heavy (non-hydrogen) atoms. The Morgan fingerprint density at radius 3 is 2.50 bits per heavy atom. The third-order valence-corrected chi connectivity index (χ3v) is 2.86. The van der Waals surface area contributed by atoms with Crippen molar-refractivity contribution >= 4 is 21.4 Å². The minimum atomic E-state index is -3.78. The Morgan fingerprint density at radius 1 is 1.32 bits per heavy atom. The lowest BCUT2D eigenvalue weighted by Gasteiger charge is -2.12. The first-order chi connectivity index (χ1) is 11.9. The van der Waals surface area contributed by atoms with Gasteiger partial charge in [-0.25, -0.2) is 8.42 Å². The minimum Gasteiger partial charge on any atom is -0.508 e. The molecule has 0 aliphatic rings. The molecule has 0 radical (unpaired) electrons. The second kappa shape index (κ2) is 5.90. The van der Waals surface area contributed by atoms with Crippen molar-refractivity contribution in [2.75, 3.05) is 11.0 Å². The number of sulfonamides is 1. The Balaban J connectivity index is 2.65. The molecule has 0 saturated heterocycles. The van der Waals surface area contributed by atoms with Crippen molar-refractivity contribution in [3.63, 3.8) is 0 Å². The van der Waals surface area contributed by atoms with Gasteiger partial charge in [-0.2, -0.15) is 0 Å². The minimum absolute atomic E-state index is 0.206. The largest absolute Gasteiger partial charge is 0.508 e. The van der Waals surface area contributed by atoms with E-state index < -0.39 is 62.1 Å². The maximum Gasteiger partial charge on any atom is 0.273 e. The zero-order chi connectivity index (χ0) is 19.8. The number of nitro groups is 1. The van der Waals surface area contributed by atoms with E-state index >= 15 is 0 Å². The maximum absolute atomic E-state index is 11.4. The number of nitrogens with zero attached hydrogens (tertiary/aromatic N) is 1. The number of hydrogen-bond donors (Lipinski definition) is 2. The summed E-state index contributed by atoms with van der Waals surface area (Å²) in [5, 5.41) is 20.5. The fourth-order valence-corrected chi connectivity index (χ4v) is 2.02. The number of benzene rings is 2. The van der Waals surface area contributed by atoms with Crippen molar-refractivity contribution in [2.24, 2.45) is 0 Å². The Kier molecular flexibility index (Phi) is 2.91. The van der Waals surface area contributed by atoms with E-state index in [1.807, 2.05) is 0 Å². The monoisotopic (exact) mass is 328 g/mol. The number of aromatic hydroxyl groups is 1. The van der Waals surface area contributed by atoms with Gasteiger partial charge in [-0.3, -0.25) is 14.8 Å². The van der Waals surface area contributed by atoms with E-state index in [1.54, 1.807) is 0 Å². The van der Waals surface area contributed by atoms with Crippen LogP contribution in [0.25, 0.3) is 0 Å². The van der Waals surface area contributed by atoms with Crippen molar-refractivity contribution in [3.8, 4) is 17.2 Å². The lowest BCUT2D eigenvalue weighted by Crippen LogP contribution is -2.10. The molecular weight excluding hydrogens is 312 g/mol. The molecule has 2 rings (SSSR count). The average molecular weight is 328 g/mol. The summed E-state index contributed by atoms with van der Waals surface area (Å²) in [5.41, 5.74) is -0.656. The van der Waals surface area contributed by atoms with Crippen LogP contribution in [0.4, 0.5) is 11.4 Å². The van der Waals surface area contributed by atoms with E-state index in [2.05, 4.69) is 4.72 Å². The Labute approximate surface area is 131 Å². The fourth-order valence-electron chi connectivity index (χ4n) is 1.45. The zero-order valence-electron chi connectivity index (χ0n) is 15.1. The SMILES string of the molecule is [2H]c1c([2H])c(Oc2cc([N+](=O)[O-])ccc2NS(C)(=O)=O)c([2H])c([2H])c1O. The Hall–Kier alpha value is -2.81. The number of rotatable bonds is 5. The molecule has 116 valence electrons. The summed E-state index contributed by atoms with van der Waals surface area (Å²) in [5.74, 6) is -1.92. The van der Waals surface area contributed by atoms with Crippen LogP contribution in [-0.4, -0.2) is 24.7 Å². The number of anilines is 1. The number of nitrogens with one attached hydrogen (secondary N) is 1. The van der Waals surface area contributed by atoms with Crippen LogP contribution in [0.3, 0.4) is 0 Å². The Morgan fingerprint density at radius 2 is 1.95 bits per heavy atom. The smallest absolute Gasteiger partial charge is 0.273 e. The molecule has 0 atom stereocenters. The van der Waals surface area contributed by atoms with Crippen LogP contribution in [-0.2, 0) is 10.0 Å². The molecule has 0 unspecified atom stereocenters. The molecule has 2 aromatic rings. The normalized spacial score (nSPS) is 13.5. The van der Waals surface area contributed by atoms with Crippen LogP contribution in [0, 0.1) is 10.1 Å². The van der Waals surface area contributed by atoms with E-state index in [1.165, 1.54) is 0 Å². The molecule has 8 nitrogen and oxygen atoms in total. The van der Waals surface area contributed by atoms with Gasteiger partial charge in [0.15, 0.2) is 5.75 Å². The number of non-ortho nitro benzene ring substituents is 1. The molecule has 0 amide bonds. The highest BCUT2D eigenvalue weighted by molar-refractivity contribution is 7.92. The molecule has 0 aromatic heterocycles. The number of phenols is 1. The summed E-state index contributed by atoms with van der Waals surface area (Å²) in [6.45, 7) is 0. The molecule has 2 N–H and O–H groups in total. The highest BCUT2D eigenvalue weighted by Gasteiger charge is 2.15. The molecule has 2 aromatic carbocycles. The van der Waals surface area contributed by atoms with E-state index in [4.69, 9.17) is 10.2 Å². The second-order valence-corrected chi connectivity index (χ2v) is 5.84. The Bertz CT molecular complexity index is 983. The zero-order valence-corrected chi connectivity index (χ0v) is 11.9. The van der Waals surface area contributed by atoms with Gasteiger partial charge in [-0.05, 0) is 30.2 Å². The first-order valence-electron chi connectivity index (χ1n) is 7.65. The van der Waals surface area contributed by atoms with Gasteiger partial charge in [0.1, 0.15) is 11.5 Å². The fraction of sp³-hybridized carbons (Fsp3) is 0.0769. The van der Waals surface area contributed by atoms with Gasteiger partial charge in [0, 0.05) is 6.07 Å². The number of ether oxygens (including phenoxy) is 1. The molecule has 0 aliphatic carbocycles. The van der Waals surface area contributed by atoms with E-state index in [-0.39, 0.29) is 5.69 Å². The lowest BCUT2D eigenvalue weighted by molar-refractivity contribution is -0.384. The van der Waals surface area contributed by atoms with Crippen LogP contribution >= 0.6 is 0 Å². The molecule has 0 saturated carbocycles. The summed E-state index contributed by atoms with van der Waals surface area (Å²) in [7, 11) is -3.78. The van der Waals surface area contributed by atoms with Gasteiger partial charge >= 0.3 is 0 Å². The molecule has 0 aliphatic heterocycles. The molecule has 0 fully saturated rings. The summed E-state index contributed by atoms with van der Waals surface area (Å²) >= 11 is 0. The van der Waals surface area contributed by atoms with E-state index in [0.29, 0.717) is 0 Å². The number of nitro benzene ring substituents is 1. The molecule has 0 heterocycles. The third-order valence-electron chi connectivity index (χ3n) is 2.27. The first-order valence-corrected chi connectivity index (χ1v) is 7.55. The van der Waals surface area contributed by atoms with Crippen molar-refractivity contribution in [2.45, 2.75) is 0 Å². The highest BCUT2D eigenvalue weighted by atomic mass is 32.2. The predicted octanol–water partition coefficient (Wildman–Crippen LogP) is 2.46. The van der Waals surface area contributed by atoms with Gasteiger partial charge < -0.3 is 9.84 Å². The van der Waals surface area contributed by atoms with Crippen molar-refractivity contribution in [1.82, 2.24) is 0 Å². The van der Waals surface area contributed by atoms with Crippen molar-refractivity contribution in [1.29, 1.82) is 0 Å². The standard InChI is InChI=1S/C13H12N2O6S/c1-22(19,20)14-12-7-2-9(15(17)18)8-13(12)21-11-5-3-10(16)4-6-11/h2-8,14,16H,1H3/i3D,4D,5D,6D. The highest BCUT2D eigenvalue weighted by Crippen LogP contribution is 2.34. The van der Waals surface area contributed by atoms with E-state index in [0.717, 1.165) is 24.5 Å². The summed E-state index contributed by atoms with van der Waals surface area (Å²) in [6, 6.07) is -0.0712. The van der Waals surface area contributed by atoms with Gasteiger partial charge in [0.2, 0.25) is 10.0 Å². The van der Waals surface area contributed by atoms with Crippen LogP contribution in [0.15, 0.2) is 42.4 Å². The quantitative estimate of drug-likeness (QED) is 0.643. The molecule has 0 spiro atoms. The molecular formula is C13H12N2O6S. The van der Waals surface area contributed by atoms with Gasteiger partial charge in [-0.15, -0.1) is 0 Å². The third kappa shape index (κ3) is 4.09. The van der Waals surface area contributed by atoms with Crippen LogP contribution in [0.1, 0.15) is 5.48 Å². The molecule has 9 heteroatoms. The van der Waals surface area contributed by atoms with Crippen molar-refractivity contribution in [3.05, 3.63) is 52.5 Å². The number of hydrogen-bond acceptors (Lipinski definition) is 6. The maximum atomic E-state index is 11.4. The van der Waals surface area contributed by atoms with Gasteiger partial charge in [0.25, 0.3) is 5.69 Å². The van der Waals surface area contributed by atoms with Crippen LogP contribution in [0.2, 0.25) is 0 Å². The van der Waals surface area contributed by atoms with E-state index in [9.17, 15) is 23.6 Å². The van der Waals surface area contributed by atoms with Crippen LogP contribution in [0.5, 0.6) is 17.2 Å². The van der Waals surface area contributed by atoms with Gasteiger partial charge in [0.05, 0.1) is 28.4 Å². The average Bonchev–Trinajstić information content (AvgIpc) is 2.54. The first kappa shape index (κ1) is 10.9. The van der Waals surface area contributed by atoms with Gasteiger partial charge in [-0.1, -0.05) is 0 Å².